The molecular weight excluding hydrogens is 368 g/mol. The maximum Gasteiger partial charge on any atom is 0.500 e. The van der Waals surface area contributed by atoms with E-state index in [1.165, 1.54) is 103 Å². The Hall–Kier alpha value is 0.0569. The molecule has 0 fully saturated rings. The summed E-state index contributed by atoms with van der Waals surface area (Å²) in [5, 5.41) is 8.74. The Morgan fingerprint density at radius 3 is 0.929 bits per heavy atom. The van der Waals surface area contributed by atoms with Crippen molar-refractivity contribution in [2.75, 3.05) is 27.9 Å². The highest BCUT2D eigenvalue weighted by Gasteiger charge is 2.36. The van der Waals surface area contributed by atoms with Gasteiger partial charge in [-0.25, -0.2) is 0 Å². The molecule has 0 heterocycles. The van der Waals surface area contributed by atoms with E-state index in [-0.39, 0.29) is 0 Å². The van der Waals surface area contributed by atoms with E-state index in [4.69, 9.17) is 18.4 Å². The van der Waals surface area contributed by atoms with E-state index in [9.17, 15) is 0 Å². The molecule has 0 aliphatic carbocycles. The Bertz CT molecular complexity index is 290. The van der Waals surface area contributed by atoms with Gasteiger partial charge in [-0.2, -0.15) is 0 Å². The van der Waals surface area contributed by atoms with E-state index in [0.717, 1.165) is 18.9 Å². The number of rotatable bonds is 23. The Morgan fingerprint density at radius 1 is 0.429 bits per heavy atom. The molecule has 5 heteroatoms. The zero-order chi connectivity index (χ0) is 20.8. The predicted octanol–water partition coefficient (Wildman–Crippen LogP) is 6.88. The lowest BCUT2D eigenvalue weighted by Crippen LogP contribution is -2.42. The van der Waals surface area contributed by atoms with Crippen LogP contribution in [0.25, 0.3) is 0 Å². The van der Waals surface area contributed by atoms with E-state index in [1.807, 2.05) is 0 Å². The van der Waals surface area contributed by atoms with Crippen molar-refractivity contribution in [1.29, 1.82) is 0 Å². The second kappa shape index (κ2) is 21.8. The highest BCUT2D eigenvalue weighted by molar-refractivity contribution is 6.60. The van der Waals surface area contributed by atoms with Crippen molar-refractivity contribution in [1.82, 2.24) is 0 Å². The van der Waals surface area contributed by atoms with Gasteiger partial charge in [-0.05, 0) is 12.8 Å². The molecular formula is C23H50O4Si. The van der Waals surface area contributed by atoms with Crippen molar-refractivity contribution in [3.8, 4) is 0 Å². The van der Waals surface area contributed by atoms with Gasteiger partial charge in [0.25, 0.3) is 0 Å². The van der Waals surface area contributed by atoms with Crippen molar-refractivity contribution < 1.29 is 18.4 Å². The van der Waals surface area contributed by atoms with Gasteiger partial charge in [0.15, 0.2) is 0 Å². The highest BCUT2D eigenvalue weighted by atomic mass is 28.4. The first-order chi connectivity index (χ1) is 13.7. The van der Waals surface area contributed by atoms with Crippen LogP contribution in [0, 0.1) is 0 Å². The second-order valence-electron chi connectivity index (χ2n) is 8.13. The van der Waals surface area contributed by atoms with Crippen molar-refractivity contribution in [2.24, 2.45) is 0 Å². The van der Waals surface area contributed by atoms with Crippen LogP contribution >= 0.6 is 0 Å². The Balaban J connectivity index is 3.18. The van der Waals surface area contributed by atoms with Crippen LogP contribution in [0.1, 0.15) is 116 Å². The summed E-state index contributed by atoms with van der Waals surface area (Å²) in [6.07, 6.45) is 24.0. The van der Waals surface area contributed by atoms with E-state index in [2.05, 4.69) is 0 Å². The summed E-state index contributed by atoms with van der Waals surface area (Å²) in [4.78, 5) is 0. The van der Waals surface area contributed by atoms with Crippen molar-refractivity contribution in [3.05, 3.63) is 0 Å². The molecule has 170 valence electrons. The van der Waals surface area contributed by atoms with E-state index in [1.54, 1.807) is 21.3 Å². The van der Waals surface area contributed by atoms with Crippen molar-refractivity contribution in [3.63, 3.8) is 0 Å². The fourth-order valence-corrected chi connectivity index (χ4v) is 5.63. The third kappa shape index (κ3) is 17.0. The molecule has 0 spiro atoms. The van der Waals surface area contributed by atoms with Crippen LogP contribution in [0.3, 0.4) is 0 Å². The molecule has 0 saturated carbocycles. The molecule has 28 heavy (non-hydrogen) atoms. The third-order valence-electron chi connectivity index (χ3n) is 5.82. The number of hydrogen-bond donors (Lipinski definition) is 1. The van der Waals surface area contributed by atoms with Gasteiger partial charge in [-0.1, -0.05) is 103 Å². The Kier molecular flexibility index (Phi) is 21.8. The molecule has 0 unspecified atom stereocenters. The highest BCUT2D eigenvalue weighted by Crippen LogP contribution is 2.19. The molecule has 0 atom stereocenters. The molecule has 1 N–H and O–H groups in total. The Labute approximate surface area is 177 Å². The van der Waals surface area contributed by atoms with Crippen LogP contribution in [0.15, 0.2) is 0 Å². The zero-order valence-electron chi connectivity index (χ0n) is 19.3. The van der Waals surface area contributed by atoms with Crippen LogP contribution < -0.4 is 0 Å². The van der Waals surface area contributed by atoms with Crippen LogP contribution in [0.5, 0.6) is 0 Å². The van der Waals surface area contributed by atoms with E-state index < -0.39 is 8.80 Å². The molecule has 0 aromatic rings. The fraction of sp³-hybridized carbons (Fsp3) is 1.00. The van der Waals surface area contributed by atoms with Gasteiger partial charge in [0, 0.05) is 34.0 Å². The lowest BCUT2D eigenvalue weighted by molar-refractivity contribution is 0.122. The molecule has 0 rings (SSSR count). The fourth-order valence-electron chi connectivity index (χ4n) is 3.84. The standard InChI is InChI=1S/C23H50O4Si/c1-25-28(26-2,27-3)23-21-19-17-15-13-11-9-7-5-4-6-8-10-12-14-16-18-20-22-24/h24H,4-23H2,1-3H3. The molecule has 0 aliphatic rings. The SMILES string of the molecule is CO[Si](CCCCCCCCCCCCCCCCCCCCO)(OC)OC. The summed E-state index contributed by atoms with van der Waals surface area (Å²) >= 11 is 0. The van der Waals surface area contributed by atoms with Gasteiger partial charge in [0.2, 0.25) is 0 Å². The third-order valence-corrected chi connectivity index (χ3v) is 8.66. The van der Waals surface area contributed by atoms with Crippen LogP contribution in [-0.2, 0) is 13.3 Å². The number of unbranched alkanes of at least 4 members (excludes halogenated alkanes) is 17. The van der Waals surface area contributed by atoms with Gasteiger partial charge in [-0.3, -0.25) is 0 Å². The average molecular weight is 419 g/mol. The minimum absolute atomic E-state index is 0.362. The first-order valence-corrected chi connectivity index (χ1v) is 13.9. The summed E-state index contributed by atoms with van der Waals surface area (Å²) in [6.45, 7) is 0.362. The lowest BCUT2D eigenvalue weighted by Gasteiger charge is -2.24. The normalized spacial score (nSPS) is 12.0. The van der Waals surface area contributed by atoms with Crippen molar-refractivity contribution in [2.45, 2.75) is 122 Å². The van der Waals surface area contributed by atoms with Gasteiger partial charge >= 0.3 is 8.80 Å². The number of aliphatic hydroxyl groups excluding tert-OH is 1. The molecule has 4 nitrogen and oxygen atoms in total. The van der Waals surface area contributed by atoms with Gasteiger partial charge < -0.3 is 18.4 Å². The first kappa shape index (κ1) is 28.1. The largest absolute Gasteiger partial charge is 0.500 e. The monoisotopic (exact) mass is 418 g/mol. The minimum Gasteiger partial charge on any atom is -0.396 e. The van der Waals surface area contributed by atoms with Gasteiger partial charge in [0.05, 0.1) is 0 Å². The second-order valence-corrected chi connectivity index (χ2v) is 11.2. The summed E-state index contributed by atoms with van der Waals surface area (Å²) < 4.78 is 16.4. The summed E-state index contributed by atoms with van der Waals surface area (Å²) in [5.74, 6) is 0. The van der Waals surface area contributed by atoms with E-state index in [0.29, 0.717) is 6.61 Å². The van der Waals surface area contributed by atoms with Crippen LogP contribution in [-0.4, -0.2) is 41.8 Å². The predicted molar refractivity (Wildman–Crippen MR) is 122 cm³/mol. The summed E-state index contributed by atoms with van der Waals surface area (Å²) in [6, 6.07) is 0.931. The summed E-state index contributed by atoms with van der Waals surface area (Å²) in [7, 11) is 2.75. The quantitative estimate of drug-likeness (QED) is 0.145. The lowest BCUT2D eigenvalue weighted by atomic mass is 10.0. The maximum atomic E-state index is 8.74. The molecule has 0 radical (unpaired) electrons. The number of aliphatic hydroxyl groups is 1. The molecule has 0 saturated heterocycles. The molecule has 0 aromatic heterocycles. The van der Waals surface area contributed by atoms with Gasteiger partial charge in [-0.15, -0.1) is 0 Å². The minimum atomic E-state index is -2.34. The Morgan fingerprint density at radius 2 is 0.679 bits per heavy atom. The van der Waals surface area contributed by atoms with Crippen molar-refractivity contribution >= 4 is 8.80 Å². The molecule has 0 aliphatic heterocycles. The molecule has 0 amide bonds. The first-order valence-electron chi connectivity index (χ1n) is 12.0. The van der Waals surface area contributed by atoms with Crippen LogP contribution in [0.2, 0.25) is 6.04 Å². The summed E-state index contributed by atoms with van der Waals surface area (Å²) in [5.41, 5.74) is 0. The average Bonchev–Trinajstić information content (AvgIpc) is 2.73. The molecule has 0 aromatic carbocycles. The molecule has 0 bridgehead atoms. The number of hydrogen-bond acceptors (Lipinski definition) is 4. The van der Waals surface area contributed by atoms with E-state index >= 15 is 0 Å². The van der Waals surface area contributed by atoms with Gasteiger partial charge in [0.1, 0.15) is 0 Å². The zero-order valence-corrected chi connectivity index (χ0v) is 20.3. The van der Waals surface area contributed by atoms with Crippen LogP contribution in [0.4, 0.5) is 0 Å². The maximum absolute atomic E-state index is 8.74. The topological polar surface area (TPSA) is 47.9 Å². The smallest absolute Gasteiger partial charge is 0.396 e.